The zero-order valence-electron chi connectivity index (χ0n) is 7.88. The average molecular weight is 204 g/mol. The van der Waals surface area contributed by atoms with Gasteiger partial charge >= 0.3 is 0 Å². The Labute approximate surface area is 84.5 Å². The van der Waals surface area contributed by atoms with Crippen molar-refractivity contribution in [3.63, 3.8) is 0 Å². The largest absolute Gasteiger partial charge is 0.324 e. The molecule has 1 rings (SSSR count). The monoisotopic (exact) mass is 203 g/mol. The van der Waals surface area contributed by atoms with Crippen LogP contribution in [0.15, 0.2) is 18.2 Å². The van der Waals surface area contributed by atoms with Crippen LogP contribution >= 0.6 is 12.4 Å². The van der Waals surface area contributed by atoms with E-state index in [1.54, 1.807) is 6.07 Å². The van der Waals surface area contributed by atoms with Gasteiger partial charge in [-0.05, 0) is 25.0 Å². The summed E-state index contributed by atoms with van der Waals surface area (Å²) in [6.07, 6.45) is 0.766. The quantitative estimate of drug-likeness (QED) is 0.786. The highest BCUT2D eigenvalue weighted by molar-refractivity contribution is 5.85. The molecule has 0 saturated heterocycles. The van der Waals surface area contributed by atoms with Crippen molar-refractivity contribution >= 4 is 12.4 Å². The Bertz CT molecular complexity index is 255. The fourth-order valence-corrected chi connectivity index (χ4v) is 1.32. The minimum Gasteiger partial charge on any atom is -0.324 e. The highest BCUT2D eigenvalue weighted by Crippen LogP contribution is 2.21. The molecule has 74 valence electrons. The topological polar surface area (TPSA) is 26.0 Å². The van der Waals surface area contributed by atoms with Gasteiger partial charge in [-0.2, -0.15) is 0 Å². The highest BCUT2D eigenvalue weighted by atomic mass is 35.5. The molecule has 1 unspecified atom stereocenters. The maximum absolute atomic E-state index is 13.2. The maximum atomic E-state index is 13.2. The van der Waals surface area contributed by atoms with E-state index in [1.165, 1.54) is 6.07 Å². The lowest BCUT2D eigenvalue weighted by molar-refractivity contribution is 0.572. The van der Waals surface area contributed by atoms with Crippen molar-refractivity contribution in [2.75, 3.05) is 0 Å². The lowest BCUT2D eigenvalue weighted by Gasteiger charge is -2.12. The first-order chi connectivity index (χ1) is 5.66. The number of halogens is 2. The van der Waals surface area contributed by atoms with E-state index in [4.69, 9.17) is 5.73 Å². The number of hydrogen-bond acceptors (Lipinski definition) is 1. The molecular formula is C10H15ClFN. The van der Waals surface area contributed by atoms with Crippen molar-refractivity contribution in [2.45, 2.75) is 26.3 Å². The van der Waals surface area contributed by atoms with Gasteiger partial charge in [0.05, 0.1) is 0 Å². The van der Waals surface area contributed by atoms with Gasteiger partial charge < -0.3 is 5.73 Å². The van der Waals surface area contributed by atoms with Crippen LogP contribution < -0.4 is 5.73 Å². The van der Waals surface area contributed by atoms with E-state index in [-0.39, 0.29) is 24.3 Å². The number of aryl methyl sites for hydroxylation is 1. The second-order valence-corrected chi connectivity index (χ2v) is 2.99. The Morgan fingerprint density at radius 3 is 2.54 bits per heavy atom. The number of nitrogens with two attached hydrogens (primary N) is 1. The van der Waals surface area contributed by atoms with Crippen LogP contribution in [0.25, 0.3) is 0 Å². The second kappa shape index (κ2) is 5.20. The zero-order valence-corrected chi connectivity index (χ0v) is 8.70. The van der Waals surface area contributed by atoms with Gasteiger partial charge in [-0.25, -0.2) is 4.39 Å². The van der Waals surface area contributed by atoms with E-state index in [2.05, 4.69) is 0 Å². The summed E-state index contributed by atoms with van der Waals surface area (Å²) < 4.78 is 13.2. The Morgan fingerprint density at radius 1 is 1.46 bits per heavy atom. The average Bonchev–Trinajstić information content (AvgIpc) is 2.03. The van der Waals surface area contributed by atoms with Gasteiger partial charge in [-0.1, -0.05) is 19.1 Å². The molecule has 0 aliphatic heterocycles. The standard InChI is InChI=1S/C10H14FN.ClH/c1-3-9(12)10-7(2)5-4-6-8(10)11;/h4-6,9H,3,12H2,1-2H3;1H. The molecule has 0 bridgehead atoms. The molecule has 13 heavy (non-hydrogen) atoms. The summed E-state index contributed by atoms with van der Waals surface area (Å²) in [5.74, 6) is -0.190. The molecule has 1 aromatic carbocycles. The van der Waals surface area contributed by atoms with Gasteiger partial charge in [-0.15, -0.1) is 12.4 Å². The Balaban J connectivity index is 0.00000144. The SMILES string of the molecule is CCC(N)c1c(C)cccc1F.Cl. The molecule has 0 radical (unpaired) electrons. The molecule has 0 aromatic heterocycles. The van der Waals surface area contributed by atoms with Gasteiger partial charge in [-0.3, -0.25) is 0 Å². The molecule has 0 aliphatic rings. The third-order valence-electron chi connectivity index (χ3n) is 2.08. The molecule has 1 nitrogen and oxygen atoms in total. The van der Waals surface area contributed by atoms with Crippen LogP contribution in [0.2, 0.25) is 0 Å². The summed E-state index contributed by atoms with van der Waals surface area (Å²) in [6.45, 7) is 3.84. The molecule has 0 amide bonds. The van der Waals surface area contributed by atoms with Gasteiger partial charge in [0.1, 0.15) is 5.82 Å². The number of rotatable bonds is 2. The smallest absolute Gasteiger partial charge is 0.128 e. The van der Waals surface area contributed by atoms with Crippen molar-refractivity contribution in [3.05, 3.63) is 35.1 Å². The molecule has 0 heterocycles. The number of benzene rings is 1. The first kappa shape index (κ1) is 12.4. The summed E-state index contributed by atoms with van der Waals surface area (Å²) in [7, 11) is 0. The molecular weight excluding hydrogens is 189 g/mol. The van der Waals surface area contributed by atoms with Crippen LogP contribution in [0, 0.1) is 12.7 Å². The van der Waals surface area contributed by atoms with E-state index in [1.807, 2.05) is 19.9 Å². The Hall–Kier alpha value is -0.600. The second-order valence-electron chi connectivity index (χ2n) is 2.99. The molecule has 1 atom stereocenters. The first-order valence-electron chi connectivity index (χ1n) is 4.17. The Kier molecular flexibility index (Phi) is 4.96. The fourth-order valence-electron chi connectivity index (χ4n) is 1.32. The van der Waals surface area contributed by atoms with Gasteiger partial charge in [0.25, 0.3) is 0 Å². The van der Waals surface area contributed by atoms with Crippen LogP contribution in [0.5, 0.6) is 0 Å². The molecule has 0 fully saturated rings. The van der Waals surface area contributed by atoms with Crippen LogP contribution in [0.4, 0.5) is 4.39 Å². The highest BCUT2D eigenvalue weighted by Gasteiger charge is 2.11. The molecule has 1 aromatic rings. The van der Waals surface area contributed by atoms with Crippen molar-refractivity contribution in [1.82, 2.24) is 0 Å². The van der Waals surface area contributed by atoms with E-state index in [9.17, 15) is 4.39 Å². The Morgan fingerprint density at radius 2 is 2.08 bits per heavy atom. The lowest BCUT2D eigenvalue weighted by atomic mass is 10.00. The van der Waals surface area contributed by atoms with Crippen molar-refractivity contribution in [1.29, 1.82) is 0 Å². The van der Waals surface area contributed by atoms with Crippen molar-refractivity contribution < 1.29 is 4.39 Å². The van der Waals surface area contributed by atoms with Crippen LogP contribution in [-0.4, -0.2) is 0 Å². The minimum absolute atomic E-state index is 0. The van der Waals surface area contributed by atoms with Crippen LogP contribution in [0.3, 0.4) is 0 Å². The summed E-state index contributed by atoms with van der Waals surface area (Å²) in [5.41, 5.74) is 7.34. The molecule has 0 aliphatic carbocycles. The van der Waals surface area contributed by atoms with Crippen LogP contribution in [-0.2, 0) is 0 Å². The zero-order chi connectivity index (χ0) is 9.14. The van der Waals surface area contributed by atoms with E-state index >= 15 is 0 Å². The minimum atomic E-state index is -0.190. The van der Waals surface area contributed by atoms with Gasteiger partial charge in [0.2, 0.25) is 0 Å². The molecule has 3 heteroatoms. The van der Waals surface area contributed by atoms with Crippen molar-refractivity contribution in [3.8, 4) is 0 Å². The normalized spacial score (nSPS) is 12.0. The maximum Gasteiger partial charge on any atom is 0.128 e. The molecule has 2 N–H and O–H groups in total. The fraction of sp³-hybridized carbons (Fsp3) is 0.400. The molecule has 0 saturated carbocycles. The summed E-state index contributed by atoms with van der Waals surface area (Å²) in [4.78, 5) is 0. The predicted octanol–water partition coefficient (Wildman–Crippen LogP) is 2.97. The summed E-state index contributed by atoms with van der Waals surface area (Å²) in [5, 5.41) is 0. The first-order valence-corrected chi connectivity index (χ1v) is 4.17. The number of hydrogen-bond donors (Lipinski definition) is 1. The van der Waals surface area contributed by atoms with E-state index in [0.717, 1.165) is 12.0 Å². The van der Waals surface area contributed by atoms with E-state index in [0.29, 0.717) is 5.56 Å². The molecule has 0 spiro atoms. The third kappa shape index (κ3) is 2.68. The predicted molar refractivity (Wildman–Crippen MR) is 55.6 cm³/mol. The summed E-state index contributed by atoms with van der Waals surface area (Å²) in [6, 6.07) is 4.87. The van der Waals surface area contributed by atoms with Crippen LogP contribution in [0.1, 0.15) is 30.5 Å². The third-order valence-corrected chi connectivity index (χ3v) is 2.08. The van der Waals surface area contributed by atoms with Gasteiger partial charge in [0.15, 0.2) is 0 Å². The van der Waals surface area contributed by atoms with Crippen molar-refractivity contribution in [2.24, 2.45) is 5.73 Å². The van der Waals surface area contributed by atoms with E-state index < -0.39 is 0 Å². The summed E-state index contributed by atoms with van der Waals surface area (Å²) >= 11 is 0. The lowest BCUT2D eigenvalue weighted by Crippen LogP contribution is -2.12. The van der Waals surface area contributed by atoms with Gasteiger partial charge in [0, 0.05) is 11.6 Å².